The van der Waals surface area contributed by atoms with Crippen molar-refractivity contribution in [2.75, 3.05) is 31.5 Å². The molecule has 2 aliphatic rings. The average Bonchev–Trinajstić information content (AvgIpc) is 3.32. The zero-order valence-corrected chi connectivity index (χ0v) is 16.6. The lowest BCUT2D eigenvalue weighted by Gasteiger charge is -2.23. The normalized spacial score (nSPS) is 24.5. The highest BCUT2D eigenvalue weighted by molar-refractivity contribution is 5.86. The minimum absolute atomic E-state index is 0.0325. The molecule has 164 valence electrons. The van der Waals surface area contributed by atoms with E-state index < -0.39 is 24.0 Å². The molecule has 2 fully saturated rings. The molecule has 3 atom stereocenters. The van der Waals surface area contributed by atoms with Crippen LogP contribution in [-0.4, -0.2) is 65.1 Å². The van der Waals surface area contributed by atoms with Crippen LogP contribution in [0.4, 0.5) is 23.2 Å². The van der Waals surface area contributed by atoms with Crippen LogP contribution in [0.15, 0.2) is 30.5 Å². The SMILES string of the molecule is N#CC1C[C@H](F)CN1C(=O)CN1CC[C@H](Nc2cc(C(F)(F)F)c3ncccc3c2)C1. The van der Waals surface area contributed by atoms with E-state index in [1.54, 1.807) is 18.2 Å². The van der Waals surface area contributed by atoms with E-state index in [4.69, 9.17) is 5.26 Å². The summed E-state index contributed by atoms with van der Waals surface area (Å²) in [6.07, 6.45) is -3.71. The molecule has 1 unspecified atom stereocenters. The Kier molecular flexibility index (Phi) is 5.71. The fraction of sp³-hybridized carbons (Fsp3) is 0.476. The van der Waals surface area contributed by atoms with Crippen molar-refractivity contribution in [3.05, 3.63) is 36.0 Å². The Morgan fingerprint density at radius 2 is 2.13 bits per heavy atom. The van der Waals surface area contributed by atoms with Gasteiger partial charge >= 0.3 is 6.18 Å². The van der Waals surface area contributed by atoms with Crippen molar-refractivity contribution >= 4 is 22.5 Å². The van der Waals surface area contributed by atoms with Gasteiger partial charge in [0.05, 0.1) is 30.2 Å². The van der Waals surface area contributed by atoms with Crippen LogP contribution in [0.2, 0.25) is 0 Å². The molecule has 0 aliphatic carbocycles. The van der Waals surface area contributed by atoms with Crippen LogP contribution in [0.25, 0.3) is 10.9 Å². The summed E-state index contributed by atoms with van der Waals surface area (Å²) in [6, 6.07) is 6.95. The Morgan fingerprint density at radius 3 is 2.87 bits per heavy atom. The molecule has 2 saturated heterocycles. The van der Waals surface area contributed by atoms with Crippen LogP contribution in [0.5, 0.6) is 0 Å². The molecule has 2 aliphatic heterocycles. The van der Waals surface area contributed by atoms with Gasteiger partial charge in [0, 0.05) is 42.8 Å². The Labute approximate surface area is 176 Å². The molecule has 1 aromatic heterocycles. The number of carbonyl (C=O) groups excluding carboxylic acids is 1. The number of pyridine rings is 1. The van der Waals surface area contributed by atoms with Crippen molar-refractivity contribution in [1.29, 1.82) is 5.26 Å². The Balaban J connectivity index is 1.42. The number of likely N-dealkylation sites (tertiary alicyclic amines) is 2. The summed E-state index contributed by atoms with van der Waals surface area (Å²) in [6.45, 7) is 1.02. The number of aromatic nitrogens is 1. The molecule has 4 rings (SSSR count). The van der Waals surface area contributed by atoms with Crippen LogP contribution >= 0.6 is 0 Å². The predicted octanol–water partition coefficient (Wildman–Crippen LogP) is 3.20. The van der Waals surface area contributed by atoms with E-state index in [0.29, 0.717) is 30.6 Å². The zero-order chi connectivity index (χ0) is 22.2. The van der Waals surface area contributed by atoms with Gasteiger partial charge in [0.15, 0.2) is 0 Å². The number of alkyl halides is 4. The number of hydrogen-bond acceptors (Lipinski definition) is 5. The first-order valence-corrected chi connectivity index (χ1v) is 10.0. The number of carbonyl (C=O) groups is 1. The molecule has 2 aromatic rings. The molecule has 1 aromatic carbocycles. The van der Waals surface area contributed by atoms with Crippen LogP contribution in [0.1, 0.15) is 18.4 Å². The number of nitriles is 1. The number of nitrogens with zero attached hydrogens (tertiary/aromatic N) is 4. The molecule has 1 N–H and O–H groups in total. The second-order valence-corrected chi connectivity index (χ2v) is 7.99. The number of halogens is 4. The molecule has 0 bridgehead atoms. The number of amides is 1. The van der Waals surface area contributed by atoms with Gasteiger partial charge in [-0.25, -0.2) is 4.39 Å². The number of hydrogen-bond donors (Lipinski definition) is 1. The Morgan fingerprint density at radius 1 is 1.32 bits per heavy atom. The van der Waals surface area contributed by atoms with Gasteiger partial charge in [0.25, 0.3) is 0 Å². The van der Waals surface area contributed by atoms with E-state index in [0.717, 1.165) is 6.07 Å². The lowest BCUT2D eigenvalue weighted by molar-refractivity contribution is -0.136. The molecule has 10 heteroatoms. The van der Waals surface area contributed by atoms with E-state index in [-0.39, 0.29) is 37.0 Å². The van der Waals surface area contributed by atoms with Crippen molar-refractivity contribution < 1.29 is 22.4 Å². The molecule has 1 amide bonds. The van der Waals surface area contributed by atoms with E-state index >= 15 is 0 Å². The highest BCUT2D eigenvalue weighted by Crippen LogP contribution is 2.36. The molecule has 6 nitrogen and oxygen atoms in total. The number of fused-ring (bicyclic) bond motifs is 1. The first kappa shape index (κ1) is 21.3. The van der Waals surface area contributed by atoms with Gasteiger partial charge in [-0.15, -0.1) is 0 Å². The minimum atomic E-state index is -4.53. The van der Waals surface area contributed by atoms with Gasteiger partial charge < -0.3 is 10.2 Å². The molecular formula is C21H21F4N5O. The monoisotopic (exact) mass is 435 g/mol. The Hall–Kier alpha value is -2.93. The molecule has 0 spiro atoms. The number of rotatable bonds is 4. The van der Waals surface area contributed by atoms with Crippen molar-refractivity contribution in [3.8, 4) is 6.07 Å². The number of nitrogens with one attached hydrogen (secondary N) is 1. The van der Waals surface area contributed by atoms with E-state index in [1.807, 2.05) is 11.0 Å². The van der Waals surface area contributed by atoms with Crippen LogP contribution in [0.3, 0.4) is 0 Å². The van der Waals surface area contributed by atoms with Crippen molar-refractivity contribution in [1.82, 2.24) is 14.8 Å². The maximum Gasteiger partial charge on any atom is 0.418 e. The maximum absolute atomic E-state index is 13.6. The second-order valence-electron chi connectivity index (χ2n) is 7.99. The summed E-state index contributed by atoms with van der Waals surface area (Å²) < 4.78 is 54.0. The molecular weight excluding hydrogens is 414 g/mol. The molecule has 0 radical (unpaired) electrons. The lowest BCUT2D eigenvalue weighted by atomic mass is 10.1. The van der Waals surface area contributed by atoms with Crippen molar-refractivity contribution in [2.24, 2.45) is 0 Å². The minimum Gasteiger partial charge on any atom is -0.381 e. The molecule has 0 saturated carbocycles. The third kappa shape index (κ3) is 4.56. The quantitative estimate of drug-likeness (QED) is 0.747. The average molecular weight is 435 g/mol. The summed E-state index contributed by atoms with van der Waals surface area (Å²) in [5, 5.41) is 12.6. The van der Waals surface area contributed by atoms with E-state index in [2.05, 4.69) is 10.3 Å². The maximum atomic E-state index is 13.6. The van der Waals surface area contributed by atoms with Crippen LogP contribution < -0.4 is 5.32 Å². The van der Waals surface area contributed by atoms with Gasteiger partial charge in [-0.3, -0.25) is 14.7 Å². The number of benzene rings is 1. The van der Waals surface area contributed by atoms with Crippen LogP contribution in [0, 0.1) is 11.3 Å². The zero-order valence-electron chi connectivity index (χ0n) is 16.6. The van der Waals surface area contributed by atoms with Crippen molar-refractivity contribution in [2.45, 2.75) is 37.3 Å². The summed E-state index contributed by atoms with van der Waals surface area (Å²) in [5.41, 5.74) is -0.547. The molecule has 31 heavy (non-hydrogen) atoms. The summed E-state index contributed by atoms with van der Waals surface area (Å²) in [5.74, 6) is -0.302. The largest absolute Gasteiger partial charge is 0.418 e. The van der Waals surface area contributed by atoms with Gasteiger partial charge in [-0.05, 0) is 24.6 Å². The predicted molar refractivity (Wildman–Crippen MR) is 106 cm³/mol. The summed E-state index contributed by atoms with van der Waals surface area (Å²) in [7, 11) is 0. The Bertz CT molecular complexity index is 1020. The standard InChI is InChI=1S/C21H21F4N5O/c22-14-7-17(9-26)30(10-14)19(31)12-29-5-3-15(11-29)28-16-6-13-2-1-4-27-20(13)18(8-16)21(23,24)25/h1-2,4,6,8,14-15,17,28H,3,5,7,10-12H2/t14-,15-,17?/m0/s1. The van der Waals surface area contributed by atoms with Gasteiger partial charge in [-0.2, -0.15) is 18.4 Å². The topological polar surface area (TPSA) is 72.3 Å². The first-order chi connectivity index (χ1) is 14.7. The first-order valence-electron chi connectivity index (χ1n) is 10.0. The van der Waals surface area contributed by atoms with E-state index in [9.17, 15) is 22.4 Å². The van der Waals surface area contributed by atoms with Crippen molar-refractivity contribution in [3.63, 3.8) is 0 Å². The van der Waals surface area contributed by atoms with Gasteiger partial charge in [-0.1, -0.05) is 6.07 Å². The summed E-state index contributed by atoms with van der Waals surface area (Å²) >= 11 is 0. The van der Waals surface area contributed by atoms with E-state index in [1.165, 1.54) is 11.1 Å². The smallest absolute Gasteiger partial charge is 0.381 e. The third-order valence-electron chi connectivity index (χ3n) is 5.73. The molecule has 3 heterocycles. The highest BCUT2D eigenvalue weighted by atomic mass is 19.4. The number of anilines is 1. The van der Waals surface area contributed by atoms with Crippen LogP contribution in [-0.2, 0) is 11.0 Å². The fourth-order valence-corrected chi connectivity index (χ4v) is 4.29. The summed E-state index contributed by atoms with van der Waals surface area (Å²) in [4.78, 5) is 19.5. The highest BCUT2D eigenvalue weighted by Gasteiger charge is 2.37. The van der Waals surface area contributed by atoms with Gasteiger partial charge in [0.1, 0.15) is 12.2 Å². The third-order valence-corrected chi connectivity index (χ3v) is 5.73. The fourth-order valence-electron chi connectivity index (χ4n) is 4.29. The second kappa shape index (κ2) is 8.30. The lowest BCUT2D eigenvalue weighted by Crippen LogP contribution is -2.42. The van der Waals surface area contributed by atoms with Gasteiger partial charge in [0.2, 0.25) is 5.91 Å².